The molecule has 5 rings (SSSR count). The lowest BCUT2D eigenvalue weighted by atomic mass is 9.53. The molecule has 0 saturated heterocycles. The van der Waals surface area contributed by atoms with Gasteiger partial charge in [0, 0.05) is 5.54 Å². The first-order valence-electron chi connectivity index (χ1n) is 8.91. The largest absolute Gasteiger partial charge is 0.368 e. The summed E-state index contributed by atoms with van der Waals surface area (Å²) >= 11 is 1.05. The average molecular weight is 377 g/mol. The van der Waals surface area contributed by atoms with E-state index in [-0.39, 0.29) is 28.3 Å². The molecule has 4 fully saturated rings. The SMILES string of the molecule is Nc1nc(N)nc(SCC(=O)NC(=O)NC23CC4CC(CC(C4)C2)C3)n1. The van der Waals surface area contributed by atoms with E-state index in [9.17, 15) is 9.59 Å². The fourth-order valence-corrected chi connectivity index (χ4v) is 5.93. The summed E-state index contributed by atoms with van der Waals surface area (Å²) in [5, 5.41) is 5.78. The summed E-state index contributed by atoms with van der Waals surface area (Å²) in [5.74, 6) is 1.78. The third-order valence-electron chi connectivity index (χ3n) is 5.65. The zero-order valence-electron chi connectivity index (χ0n) is 14.4. The Hall–Kier alpha value is -2.10. The highest BCUT2D eigenvalue weighted by atomic mass is 32.2. The molecule has 0 aromatic carbocycles. The van der Waals surface area contributed by atoms with Crippen LogP contribution >= 0.6 is 11.8 Å². The van der Waals surface area contributed by atoms with Crippen molar-refractivity contribution in [2.45, 2.75) is 49.2 Å². The van der Waals surface area contributed by atoms with Crippen molar-refractivity contribution in [2.75, 3.05) is 17.2 Å². The Bertz CT molecular complexity index is 686. The summed E-state index contributed by atoms with van der Waals surface area (Å²) in [5.41, 5.74) is 10.9. The predicted molar refractivity (Wildman–Crippen MR) is 97.0 cm³/mol. The smallest absolute Gasteiger partial charge is 0.321 e. The highest BCUT2D eigenvalue weighted by Crippen LogP contribution is 2.55. The van der Waals surface area contributed by atoms with Crippen LogP contribution in [0.3, 0.4) is 0 Å². The van der Waals surface area contributed by atoms with Gasteiger partial charge < -0.3 is 16.8 Å². The number of hydrogen-bond donors (Lipinski definition) is 4. The molecular formula is C16H23N7O2S. The summed E-state index contributed by atoms with van der Waals surface area (Å²) in [6.07, 6.45) is 7.03. The van der Waals surface area contributed by atoms with Crippen LogP contribution in [0.15, 0.2) is 5.16 Å². The quantitative estimate of drug-likeness (QED) is 0.566. The number of nitrogens with zero attached hydrogens (tertiary/aromatic N) is 3. The summed E-state index contributed by atoms with van der Waals surface area (Å²) < 4.78 is 0. The van der Waals surface area contributed by atoms with Crippen molar-refractivity contribution in [3.63, 3.8) is 0 Å². The fraction of sp³-hybridized carbons (Fsp3) is 0.688. The molecule has 4 aliphatic rings. The van der Waals surface area contributed by atoms with Gasteiger partial charge >= 0.3 is 6.03 Å². The van der Waals surface area contributed by atoms with Crippen molar-refractivity contribution >= 4 is 35.6 Å². The number of carbonyl (C=O) groups is 2. The first-order valence-corrected chi connectivity index (χ1v) is 9.89. The summed E-state index contributed by atoms with van der Waals surface area (Å²) in [6.45, 7) is 0. The van der Waals surface area contributed by atoms with Gasteiger partial charge in [-0.2, -0.15) is 15.0 Å². The monoisotopic (exact) mass is 377 g/mol. The first kappa shape index (κ1) is 17.3. The van der Waals surface area contributed by atoms with Gasteiger partial charge in [-0.1, -0.05) is 11.8 Å². The minimum Gasteiger partial charge on any atom is -0.368 e. The molecular weight excluding hydrogens is 354 g/mol. The number of anilines is 2. The molecule has 26 heavy (non-hydrogen) atoms. The lowest BCUT2D eigenvalue weighted by Gasteiger charge is -2.56. The second-order valence-electron chi connectivity index (χ2n) is 7.82. The lowest BCUT2D eigenvalue weighted by Crippen LogP contribution is -2.61. The van der Waals surface area contributed by atoms with Gasteiger partial charge in [-0.3, -0.25) is 10.1 Å². The number of aromatic nitrogens is 3. The summed E-state index contributed by atoms with van der Waals surface area (Å²) in [4.78, 5) is 35.8. The second-order valence-corrected chi connectivity index (χ2v) is 8.77. The van der Waals surface area contributed by atoms with E-state index in [4.69, 9.17) is 11.5 Å². The van der Waals surface area contributed by atoms with E-state index < -0.39 is 11.9 Å². The molecule has 9 nitrogen and oxygen atoms in total. The van der Waals surface area contributed by atoms with Crippen LogP contribution in [0.1, 0.15) is 38.5 Å². The van der Waals surface area contributed by atoms with Gasteiger partial charge in [0.2, 0.25) is 17.8 Å². The normalized spacial score (nSPS) is 31.6. The van der Waals surface area contributed by atoms with Gasteiger partial charge in [0.15, 0.2) is 5.16 Å². The number of carbonyl (C=O) groups excluding carboxylic acids is 2. The number of imide groups is 1. The highest BCUT2D eigenvalue weighted by molar-refractivity contribution is 7.99. The first-order chi connectivity index (χ1) is 12.4. The fourth-order valence-electron chi connectivity index (χ4n) is 5.28. The number of amides is 3. The standard InChI is InChI=1S/C16H23N7O2S/c17-12-20-13(18)22-15(21-12)26-7-11(24)19-14(25)23-16-4-8-1-9(5-16)3-10(2-8)6-16/h8-10H,1-7H2,(H2,19,23,24,25)(H4,17,18,20,21,22). The van der Waals surface area contributed by atoms with E-state index in [2.05, 4.69) is 25.6 Å². The Labute approximate surface area is 155 Å². The number of nitrogen functional groups attached to an aromatic ring is 2. The Morgan fingerprint density at radius 2 is 1.54 bits per heavy atom. The van der Waals surface area contributed by atoms with Gasteiger partial charge in [-0.25, -0.2) is 4.79 Å². The molecule has 4 aliphatic carbocycles. The van der Waals surface area contributed by atoms with Crippen LogP contribution in [0.4, 0.5) is 16.7 Å². The zero-order valence-corrected chi connectivity index (χ0v) is 15.2. The maximum absolute atomic E-state index is 12.3. The molecule has 0 radical (unpaired) electrons. The molecule has 6 N–H and O–H groups in total. The molecule has 1 aromatic heterocycles. The maximum atomic E-state index is 12.3. The van der Waals surface area contributed by atoms with Crippen LogP contribution in [0.25, 0.3) is 0 Å². The van der Waals surface area contributed by atoms with E-state index in [1.54, 1.807) is 0 Å². The molecule has 3 amide bonds. The molecule has 4 bridgehead atoms. The molecule has 10 heteroatoms. The van der Waals surface area contributed by atoms with Crippen molar-refractivity contribution in [1.29, 1.82) is 0 Å². The van der Waals surface area contributed by atoms with Crippen LogP contribution in [0, 0.1) is 17.8 Å². The van der Waals surface area contributed by atoms with Crippen molar-refractivity contribution < 1.29 is 9.59 Å². The number of thioether (sulfide) groups is 1. The second kappa shape index (κ2) is 6.57. The number of nitrogens with two attached hydrogens (primary N) is 2. The van der Waals surface area contributed by atoms with E-state index in [0.717, 1.165) is 48.8 Å². The van der Waals surface area contributed by atoms with Crippen molar-refractivity contribution in [3.05, 3.63) is 0 Å². The van der Waals surface area contributed by atoms with Gasteiger partial charge in [-0.05, 0) is 56.3 Å². The van der Waals surface area contributed by atoms with Crippen LogP contribution in [-0.2, 0) is 4.79 Å². The van der Waals surface area contributed by atoms with Gasteiger partial charge in [0.05, 0.1) is 5.75 Å². The van der Waals surface area contributed by atoms with Crippen LogP contribution in [0.2, 0.25) is 0 Å². The minimum atomic E-state index is -0.410. The molecule has 1 heterocycles. The molecule has 4 saturated carbocycles. The number of rotatable bonds is 4. The third-order valence-corrected chi connectivity index (χ3v) is 6.50. The number of hydrogen-bond acceptors (Lipinski definition) is 8. The summed E-state index contributed by atoms with van der Waals surface area (Å²) in [6, 6.07) is -0.410. The Morgan fingerprint density at radius 1 is 1.00 bits per heavy atom. The van der Waals surface area contributed by atoms with E-state index in [1.165, 1.54) is 19.3 Å². The van der Waals surface area contributed by atoms with Crippen LogP contribution in [0.5, 0.6) is 0 Å². The Balaban J connectivity index is 1.29. The van der Waals surface area contributed by atoms with Gasteiger partial charge in [0.25, 0.3) is 0 Å². The lowest BCUT2D eigenvalue weighted by molar-refractivity contribution is -0.117. The number of urea groups is 1. The van der Waals surface area contributed by atoms with Gasteiger partial charge in [-0.15, -0.1) is 0 Å². The van der Waals surface area contributed by atoms with Crippen LogP contribution in [-0.4, -0.2) is 38.2 Å². The average Bonchev–Trinajstić information content (AvgIpc) is 2.50. The third kappa shape index (κ3) is 3.69. The van der Waals surface area contributed by atoms with E-state index in [1.807, 2.05) is 0 Å². The topological polar surface area (TPSA) is 149 Å². The Morgan fingerprint density at radius 3 is 2.08 bits per heavy atom. The zero-order chi connectivity index (χ0) is 18.3. The molecule has 0 unspecified atom stereocenters. The van der Waals surface area contributed by atoms with E-state index in [0.29, 0.717) is 0 Å². The number of nitrogens with one attached hydrogen (secondary N) is 2. The molecule has 0 atom stereocenters. The summed E-state index contributed by atoms with van der Waals surface area (Å²) in [7, 11) is 0. The maximum Gasteiger partial charge on any atom is 0.321 e. The van der Waals surface area contributed by atoms with E-state index >= 15 is 0 Å². The highest BCUT2D eigenvalue weighted by Gasteiger charge is 2.51. The van der Waals surface area contributed by atoms with Gasteiger partial charge in [0.1, 0.15) is 0 Å². The molecule has 0 spiro atoms. The minimum absolute atomic E-state index is 0.0000301. The van der Waals surface area contributed by atoms with Crippen molar-refractivity contribution in [2.24, 2.45) is 17.8 Å². The molecule has 1 aromatic rings. The molecule has 0 aliphatic heterocycles. The Kier molecular flexibility index (Phi) is 4.37. The molecule has 140 valence electrons. The van der Waals surface area contributed by atoms with Crippen molar-refractivity contribution in [1.82, 2.24) is 25.6 Å². The van der Waals surface area contributed by atoms with Crippen molar-refractivity contribution in [3.8, 4) is 0 Å². The predicted octanol–water partition coefficient (Wildman–Crippen LogP) is 0.923. The van der Waals surface area contributed by atoms with Crippen LogP contribution < -0.4 is 22.1 Å².